The lowest BCUT2D eigenvalue weighted by Crippen LogP contribution is -2.22. The topological polar surface area (TPSA) is 47.3 Å². The first-order valence-electron chi connectivity index (χ1n) is 6.73. The van der Waals surface area contributed by atoms with Crippen molar-refractivity contribution in [2.75, 3.05) is 6.61 Å². The number of aromatic nitrogens is 2. The van der Waals surface area contributed by atoms with Crippen molar-refractivity contribution in [2.45, 2.75) is 39.0 Å². The van der Waals surface area contributed by atoms with E-state index in [1.165, 1.54) is 0 Å². The molecule has 6 heteroatoms. The smallest absolute Gasteiger partial charge is 0.153 e. The zero-order chi connectivity index (χ0) is 14.8. The first kappa shape index (κ1) is 15.5. The summed E-state index contributed by atoms with van der Waals surface area (Å²) in [7, 11) is -1.09. The molecule has 0 unspecified atom stereocenters. The molecule has 1 N–H and O–H groups in total. The molecule has 2 heterocycles. The second kappa shape index (κ2) is 6.26. The standard InChI is InChI=1S/C14H21ClN2O2Si/c1-20(2,3)7-6-19-10-17-12(9-18)8-11-4-5-16-14(15)13(11)17/h4-5,8,18H,6-7,9-10H2,1-3H3. The first-order chi connectivity index (χ1) is 9.42. The van der Waals surface area contributed by atoms with Crippen molar-refractivity contribution in [3.63, 3.8) is 0 Å². The number of hydrogen-bond donors (Lipinski definition) is 1. The van der Waals surface area contributed by atoms with Crippen LogP contribution in [0.1, 0.15) is 5.69 Å². The predicted octanol–water partition coefficient (Wildman–Crippen LogP) is 3.49. The van der Waals surface area contributed by atoms with Crippen molar-refractivity contribution in [1.29, 1.82) is 0 Å². The molecule has 0 bridgehead atoms. The Balaban J connectivity index is 2.16. The number of rotatable bonds is 6. The van der Waals surface area contributed by atoms with E-state index >= 15 is 0 Å². The highest BCUT2D eigenvalue weighted by molar-refractivity contribution is 6.76. The van der Waals surface area contributed by atoms with Crippen LogP contribution in [0.4, 0.5) is 0 Å². The van der Waals surface area contributed by atoms with Crippen LogP contribution in [0.2, 0.25) is 30.8 Å². The van der Waals surface area contributed by atoms with Gasteiger partial charge in [-0.3, -0.25) is 0 Å². The minimum atomic E-state index is -1.09. The number of pyridine rings is 1. The van der Waals surface area contributed by atoms with Gasteiger partial charge in [0.2, 0.25) is 0 Å². The minimum Gasteiger partial charge on any atom is -0.390 e. The van der Waals surface area contributed by atoms with Crippen LogP contribution in [0.15, 0.2) is 18.3 Å². The van der Waals surface area contributed by atoms with E-state index in [4.69, 9.17) is 16.3 Å². The van der Waals surface area contributed by atoms with Gasteiger partial charge in [-0.15, -0.1) is 0 Å². The van der Waals surface area contributed by atoms with Gasteiger partial charge in [-0.25, -0.2) is 4.98 Å². The molecule has 0 aliphatic carbocycles. The SMILES string of the molecule is C[Si](C)(C)CCOCn1c(CO)cc2ccnc(Cl)c21. The summed E-state index contributed by atoms with van der Waals surface area (Å²) < 4.78 is 7.66. The highest BCUT2D eigenvalue weighted by Crippen LogP contribution is 2.25. The first-order valence-corrected chi connectivity index (χ1v) is 10.8. The maximum atomic E-state index is 9.46. The number of aliphatic hydroxyl groups is 1. The van der Waals surface area contributed by atoms with Gasteiger partial charge in [0.15, 0.2) is 5.15 Å². The summed E-state index contributed by atoms with van der Waals surface area (Å²) >= 11 is 6.16. The Labute approximate surface area is 125 Å². The molecule has 20 heavy (non-hydrogen) atoms. The fraction of sp³-hybridized carbons (Fsp3) is 0.500. The minimum absolute atomic E-state index is 0.0393. The Kier molecular flexibility index (Phi) is 4.85. The number of fused-ring (bicyclic) bond motifs is 1. The summed E-state index contributed by atoms with van der Waals surface area (Å²) in [4.78, 5) is 4.10. The average Bonchev–Trinajstić information content (AvgIpc) is 2.73. The molecule has 0 aliphatic rings. The summed E-state index contributed by atoms with van der Waals surface area (Å²) in [6.07, 6.45) is 1.67. The van der Waals surface area contributed by atoms with Crippen molar-refractivity contribution in [2.24, 2.45) is 0 Å². The molecule has 0 fully saturated rings. The fourth-order valence-electron chi connectivity index (χ4n) is 2.04. The quantitative estimate of drug-likeness (QED) is 0.504. The lowest BCUT2D eigenvalue weighted by atomic mass is 10.3. The van der Waals surface area contributed by atoms with Gasteiger partial charge in [0.05, 0.1) is 12.1 Å². The number of nitrogens with zero attached hydrogens (tertiary/aromatic N) is 2. The molecule has 2 aromatic rings. The molecular formula is C14H21ClN2O2Si. The van der Waals surface area contributed by atoms with Crippen LogP contribution < -0.4 is 0 Å². The molecule has 0 saturated carbocycles. The van der Waals surface area contributed by atoms with E-state index in [0.29, 0.717) is 11.9 Å². The molecule has 0 atom stereocenters. The van der Waals surface area contributed by atoms with E-state index in [2.05, 4.69) is 24.6 Å². The Hall–Kier alpha value is -0.883. The Morgan fingerprint density at radius 2 is 2.15 bits per heavy atom. The van der Waals surface area contributed by atoms with Gasteiger partial charge in [0.25, 0.3) is 0 Å². The lowest BCUT2D eigenvalue weighted by Gasteiger charge is -2.16. The van der Waals surface area contributed by atoms with Crippen LogP contribution >= 0.6 is 11.6 Å². The molecule has 2 rings (SSSR count). The second-order valence-electron chi connectivity index (χ2n) is 6.11. The van der Waals surface area contributed by atoms with E-state index in [1.54, 1.807) is 6.20 Å². The Morgan fingerprint density at radius 1 is 1.40 bits per heavy atom. The van der Waals surface area contributed by atoms with E-state index in [0.717, 1.165) is 29.2 Å². The van der Waals surface area contributed by atoms with Gasteiger partial charge in [-0.2, -0.15) is 0 Å². The highest BCUT2D eigenvalue weighted by atomic mass is 35.5. The highest BCUT2D eigenvalue weighted by Gasteiger charge is 2.14. The third-order valence-corrected chi connectivity index (χ3v) is 5.21. The van der Waals surface area contributed by atoms with E-state index < -0.39 is 8.07 Å². The normalized spacial score (nSPS) is 12.2. The largest absolute Gasteiger partial charge is 0.390 e. The molecular weight excluding hydrogens is 292 g/mol. The summed E-state index contributed by atoms with van der Waals surface area (Å²) in [5.41, 5.74) is 1.62. The molecule has 0 radical (unpaired) electrons. The monoisotopic (exact) mass is 312 g/mol. The van der Waals surface area contributed by atoms with Crippen LogP contribution in [0.5, 0.6) is 0 Å². The maximum absolute atomic E-state index is 9.46. The van der Waals surface area contributed by atoms with Crippen LogP contribution in [-0.4, -0.2) is 29.3 Å². The molecule has 0 spiro atoms. The third-order valence-electron chi connectivity index (χ3n) is 3.23. The van der Waals surface area contributed by atoms with E-state index in [1.807, 2.05) is 16.7 Å². The summed E-state index contributed by atoms with van der Waals surface area (Å²) in [5.74, 6) is 0. The van der Waals surface area contributed by atoms with Crippen molar-refractivity contribution in [3.05, 3.63) is 29.2 Å². The van der Waals surface area contributed by atoms with Gasteiger partial charge < -0.3 is 14.4 Å². The van der Waals surface area contributed by atoms with Gasteiger partial charge in [-0.1, -0.05) is 31.2 Å². The molecule has 4 nitrogen and oxygen atoms in total. The van der Waals surface area contributed by atoms with E-state index in [9.17, 15) is 5.11 Å². The summed E-state index contributed by atoms with van der Waals surface area (Å²) in [6.45, 7) is 8.06. The Morgan fingerprint density at radius 3 is 2.80 bits per heavy atom. The van der Waals surface area contributed by atoms with Crippen molar-refractivity contribution in [3.8, 4) is 0 Å². The molecule has 110 valence electrons. The average molecular weight is 313 g/mol. The van der Waals surface area contributed by atoms with Crippen LogP contribution in [0.3, 0.4) is 0 Å². The van der Waals surface area contributed by atoms with Crippen LogP contribution in [-0.2, 0) is 18.1 Å². The van der Waals surface area contributed by atoms with Gasteiger partial charge in [0, 0.05) is 32.0 Å². The fourth-order valence-corrected chi connectivity index (χ4v) is 3.06. The van der Waals surface area contributed by atoms with Crippen molar-refractivity contribution in [1.82, 2.24) is 9.55 Å². The maximum Gasteiger partial charge on any atom is 0.153 e. The molecule has 0 aromatic carbocycles. The summed E-state index contributed by atoms with van der Waals surface area (Å²) in [5, 5.41) is 10.9. The number of aliphatic hydroxyl groups excluding tert-OH is 1. The molecule has 0 aliphatic heterocycles. The lowest BCUT2D eigenvalue weighted by molar-refractivity contribution is 0.0854. The van der Waals surface area contributed by atoms with Gasteiger partial charge >= 0.3 is 0 Å². The predicted molar refractivity (Wildman–Crippen MR) is 84.8 cm³/mol. The van der Waals surface area contributed by atoms with Gasteiger partial charge in [0.1, 0.15) is 6.73 Å². The van der Waals surface area contributed by atoms with Crippen LogP contribution in [0, 0.1) is 0 Å². The molecule has 0 amide bonds. The summed E-state index contributed by atoms with van der Waals surface area (Å²) in [6, 6.07) is 4.93. The number of hydrogen-bond acceptors (Lipinski definition) is 3. The zero-order valence-corrected chi connectivity index (χ0v) is 13.9. The van der Waals surface area contributed by atoms with Crippen molar-refractivity contribution < 1.29 is 9.84 Å². The molecule has 2 aromatic heterocycles. The van der Waals surface area contributed by atoms with Crippen LogP contribution in [0.25, 0.3) is 10.9 Å². The second-order valence-corrected chi connectivity index (χ2v) is 12.1. The van der Waals surface area contributed by atoms with Crippen molar-refractivity contribution >= 4 is 30.6 Å². The third kappa shape index (κ3) is 3.61. The number of ether oxygens (including phenoxy) is 1. The zero-order valence-electron chi connectivity index (χ0n) is 12.2. The molecule has 0 saturated heterocycles. The Bertz CT molecular complexity index is 593. The van der Waals surface area contributed by atoms with E-state index in [-0.39, 0.29) is 6.61 Å². The van der Waals surface area contributed by atoms with Gasteiger partial charge in [-0.05, 0) is 18.2 Å². The number of halogens is 1.